The molecule has 1 aromatic carbocycles. The molecule has 0 atom stereocenters. The maximum absolute atomic E-state index is 9.36. The monoisotopic (exact) mass is 236 g/mol. The van der Waals surface area contributed by atoms with Crippen molar-refractivity contribution in [3.05, 3.63) is 23.3 Å². The van der Waals surface area contributed by atoms with Crippen LogP contribution in [0.5, 0.6) is 11.5 Å². The average molecular weight is 236 g/mol. The third-order valence-electron chi connectivity index (χ3n) is 3.68. The van der Waals surface area contributed by atoms with E-state index in [1.165, 1.54) is 5.56 Å². The molecule has 1 aliphatic rings. The van der Waals surface area contributed by atoms with Gasteiger partial charge in [-0.25, -0.2) is 0 Å². The molecule has 0 unspecified atom stereocenters. The Morgan fingerprint density at radius 3 is 2.06 bits per heavy atom. The summed E-state index contributed by atoms with van der Waals surface area (Å²) in [4.78, 5) is 0. The molecule has 17 heavy (non-hydrogen) atoms. The third-order valence-corrected chi connectivity index (χ3v) is 3.68. The van der Waals surface area contributed by atoms with Gasteiger partial charge in [-0.15, -0.1) is 0 Å². The zero-order valence-corrected chi connectivity index (χ0v) is 10.7. The van der Waals surface area contributed by atoms with Gasteiger partial charge < -0.3 is 14.6 Å². The van der Waals surface area contributed by atoms with Crippen LogP contribution in [0.3, 0.4) is 0 Å². The van der Waals surface area contributed by atoms with E-state index in [9.17, 15) is 5.11 Å². The maximum atomic E-state index is 9.36. The van der Waals surface area contributed by atoms with Gasteiger partial charge in [-0.05, 0) is 49.3 Å². The Morgan fingerprint density at radius 1 is 1.18 bits per heavy atom. The highest BCUT2D eigenvalue weighted by Gasteiger charge is 2.41. The summed E-state index contributed by atoms with van der Waals surface area (Å²) in [5.74, 6) is 1.71. The van der Waals surface area contributed by atoms with Crippen LogP contribution in [0.2, 0.25) is 0 Å². The van der Waals surface area contributed by atoms with Crippen molar-refractivity contribution in [2.45, 2.75) is 26.2 Å². The van der Waals surface area contributed by atoms with Gasteiger partial charge in [0.2, 0.25) is 0 Å². The Kier molecular flexibility index (Phi) is 3.29. The number of aliphatic hydroxyl groups excluding tert-OH is 1. The summed E-state index contributed by atoms with van der Waals surface area (Å²) in [7, 11) is 3.34. The van der Waals surface area contributed by atoms with Crippen LogP contribution >= 0.6 is 0 Å². The highest BCUT2D eigenvalue weighted by molar-refractivity contribution is 5.47. The summed E-state index contributed by atoms with van der Waals surface area (Å²) in [6, 6.07) is 4.10. The highest BCUT2D eigenvalue weighted by atomic mass is 16.5. The molecule has 1 aromatic rings. The van der Waals surface area contributed by atoms with Gasteiger partial charge in [0.15, 0.2) is 0 Å². The molecule has 3 nitrogen and oxygen atoms in total. The number of ether oxygens (including phenoxy) is 2. The second-order valence-electron chi connectivity index (χ2n) is 4.96. The summed E-state index contributed by atoms with van der Waals surface area (Å²) in [6.45, 7) is 2.26. The van der Waals surface area contributed by atoms with E-state index in [2.05, 4.69) is 0 Å². The average Bonchev–Trinajstić information content (AvgIpc) is 3.11. The number of rotatable bonds is 5. The normalized spacial score (nSPS) is 16.7. The second-order valence-corrected chi connectivity index (χ2v) is 4.96. The molecular formula is C14H20O3. The van der Waals surface area contributed by atoms with Gasteiger partial charge in [-0.1, -0.05) is 0 Å². The standard InChI is InChI=1S/C14H20O3/c1-10-12(16-2)6-11(7-13(10)17-3)8-14(9-15)4-5-14/h6-7,15H,4-5,8-9H2,1-3H3. The lowest BCUT2D eigenvalue weighted by molar-refractivity contribution is 0.211. The molecule has 0 heterocycles. The molecule has 1 N–H and O–H groups in total. The molecular weight excluding hydrogens is 216 g/mol. The first-order chi connectivity index (χ1) is 8.14. The van der Waals surface area contributed by atoms with Crippen LogP contribution in [-0.2, 0) is 6.42 Å². The number of hydrogen-bond donors (Lipinski definition) is 1. The minimum atomic E-state index is 0.116. The van der Waals surface area contributed by atoms with Crippen molar-refractivity contribution in [1.82, 2.24) is 0 Å². The van der Waals surface area contributed by atoms with Crippen molar-refractivity contribution in [3.8, 4) is 11.5 Å². The van der Waals surface area contributed by atoms with Crippen LogP contribution in [0.1, 0.15) is 24.0 Å². The third kappa shape index (κ3) is 2.39. The fourth-order valence-corrected chi connectivity index (χ4v) is 2.24. The minimum absolute atomic E-state index is 0.116. The zero-order valence-electron chi connectivity index (χ0n) is 10.7. The predicted molar refractivity (Wildman–Crippen MR) is 66.7 cm³/mol. The fourth-order valence-electron chi connectivity index (χ4n) is 2.24. The van der Waals surface area contributed by atoms with E-state index in [0.29, 0.717) is 0 Å². The van der Waals surface area contributed by atoms with Gasteiger partial charge in [-0.3, -0.25) is 0 Å². The molecule has 0 aliphatic heterocycles. The van der Waals surface area contributed by atoms with E-state index < -0.39 is 0 Å². The largest absolute Gasteiger partial charge is 0.496 e. The van der Waals surface area contributed by atoms with Crippen molar-refractivity contribution in [3.63, 3.8) is 0 Å². The van der Waals surface area contributed by atoms with Gasteiger partial charge in [-0.2, -0.15) is 0 Å². The maximum Gasteiger partial charge on any atom is 0.125 e. The lowest BCUT2D eigenvalue weighted by Gasteiger charge is -2.16. The summed E-state index contributed by atoms with van der Waals surface area (Å²) < 4.78 is 10.7. The molecule has 2 rings (SSSR count). The molecule has 0 bridgehead atoms. The smallest absolute Gasteiger partial charge is 0.125 e. The van der Waals surface area contributed by atoms with E-state index in [4.69, 9.17) is 9.47 Å². The molecule has 3 heteroatoms. The Bertz CT molecular complexity index is 383. The molecule has 1 saturated carbocycles. The van der Waals surface area contributed by atoms with Gasteiger partial charge in [0.25, 0.3) is 0 Å². The van der Waals surface area contributed by atoms with Crippen LogP contribution < -0.4 is 9.47 Å². The molecule has 0 saturated heterocycles. The van der Waals surface area contributed by atoms with Crippen molar-refractivity contribution in [1.29, 1.82) is 0 Å². The number of aliphatic hydroxyl groups is 1. The van der Waals surface area contributed by atoms with Crippen LogP contribution in [0.25, 0.3) is 0 Å². The van der Waals surface area contributed by atoms with E-state index in [0.717, 1.165) is 36.3 Å². The first-order valence-electron chi connectivity index (χ1n) is 5.96. The fraction of sp³-hybridized carbons (Fsp3) is 0.571. The topological polar surface area (TPSA) is 38.7 Å². The first-order valence-corrected chi connectivity index (χ1v) is 5.96. The van der Waals surface area contributed by atoms with E-state index in [-0.39, 0.29) is 12.0 Å². The summed E-state index contributed by atoms with van der Waals surface area (Å²) in [5, 5.41) is 9.36. The van der Waals surface area contributed by atoms with Crippen LogP contribution in [-0.4, -0.2) is 25.9 Å². The van der Waals surface area contributed by atoms with Crippen molar-refractivity contribution in [2.24, 2.45) is 5.41 Å². The molecule has 0 radical (unpaired) electrons. The lowest BCUT2D eigenvalue weighted by atomic mass is 9.96. The predicted octanol–water partition coefficient (Wildman–Crippen LogP) is 2.33. The Hall–Kier alpha value is -1.22. The molecule has 1 aliphatic carbocycles. The summed E-state index contributed by atoms with van der Waals surface area (Å²) in [6.07, 6.45) is 3.13. The highest BCUT2D eigenvalue weighted by Crippen LogP contribution is 2.48. The van der Waals surface area contributed by atoms with E-state index in [1.807, 2.05) is 19.1 Å². The van der Waals surface area contributed by atoms with Crippen molar-refractivity contribution >= 4 is 0 Å². The lowest BCUT2D eigenvalue weighted by Crippen LogP contribution is -2.10. The van der Waals surface area contributed by atoms with Gasteiger partial charge >= 0.3 is 0 Å². The van der Waals surface area contributed by atoms with Crippen molar-refractivity contribution < 1.29 is 14.6 Å². The van der Waals surface area contributed by atoms with Crippen molar-refractivity contribution in [2.75, 3.05) is 20.8 Å². The number of methoxy groups -OCH3 is 2. The van der Waals surface area contributed by atoms with Gasteiger partial charge in [0.1, 0.15) is 11.5 Å². The summed E-state index contributed by atoms with van der Waals surface area (Å²) >= 11 is 0. The number of hydrogen-bond acceptors (Lipinski definition) is 3. The molecule has 94 valence electrons. The quantitative estimate of drug-likeness (QED) is 0.852. The zero-order chi connectivity index (χ0) is 12.5. The van der Waals surface area contributed by atoms with Crippen LogP contribution in [0, 0.1) is 12.3 Å². The first kappa shape index (κ1) is 12.2. The van der Waals surface area contributed by atoms with Crippen LogP contribution in [0.4, 0.5) is 0 Å². The van der Waals surface area contributed by atoms with E-state index >= 15 is 0 Å². The number of benzene rings is 1. The summed E-state index contributed by atoms with van der Waals surface area (Å²) in [5.41, 5.74) is 2.31. The Labute approximate surface area is 102 Å². The Balaban J connectivity index is 2.28. The van der Waals surface area contributed by atoms with Gasteiger partial charge in [0, 0.05) is 12.2 Å². The second kappa shape index (κ2) is 4.57. The molecule has 0 spiro atoms. The molecule has 0 aromatic heterocycles. The Morgan fingerprint density at radius 2 is 1.71 bits per heavy atom. The van der Waals surface area contributed by atoms with Crippen LogP contribution in [0.15, 0.2) is 12.1 Å². The minimum Gasteiger partial charge on any atom is -0.496 e. The van der Waals surface area contributed by atoms with E-state index in [1.54, 1.807) is 14.2 Å². The van der Waals surface area contributed by atoms with Gasteiger partial charge in [0.05, 0.1) is 14.2 Å². The molecule has 1 fully saturated rings. The molecule has 0 amide bonds. The SMILES string of the molecule is COc1cc(CC2(CO)CC2)cc(OC)c1C.